The molecular formula is C11H14F3NO2. The largest absolute Gasteiger partial charge is 0.493 e. The van der Waals surface area contributed by atoms with E-state index >= 15 is 0 Å². The SMILES string of the molecule is COc1cccc(C(N)CC(F)(F)F)c1OC. The van der Waals surface area contributed by atoms with Crippen LogP contribution in [0.25, 0.3) is 0 Å². The molecule has 1 aromatic rings. The van der Waals surface area contributed by atoms with Crippen LogP contribution in [0.4, 0.5) is 13.2 Å². The first-order valence-corrected chi connectivity index (χ1v) is 4.92. The van der Waals surface area contributed by atoms with Gasteiger partial charge in [-0.1, -0.05) is 12.1 Å². The number of halogens is 3. The van der Waals surface area contributed by atoms with Gasteiger partial charge >= 0.3 is 6.18 Å². The minimum Gasteiger partial charge on any atom is -0.493 e. The summed E-state index contributed by atoms with van der Waals surface area (Å²) in [5, 5.41) is 0. The number of rotatable bonds is 4. The van der Waals surface area contributed by atoms with Crippen molar-refractivity contribution in [3.63, 3.8) is 0 Å². The van der Waals surface area contributed by atoms with Crippen LogP contribution >= 0.6 is 0 Å². The third-order valence-electron chi connectivity index (χ3n) is 2.28. The molecule has 6 heteroatoms. The fourth-order valence-corrected chi connectivity index (χ4v) is 1.56. The lowest BCUT2D eigenvalue weighted by Crippen LogP contribution is -2.20. The fourth-order valence-electron chi connectivity index (χ4n) is 1.56. The number of nitrogens with two attached hydrogens (primary N) is 1. The van der Waals surface area contributed by atoms with Crippen LogP contribution in [0.2, 0.25) is 0 Å². The molecule has 0 bridgehead atoms. The van der Waals surface area contributed by atoms with Crippen molar-refractivity contribution in [2.75, 3.05) is 14.2 Å². The summed E-state index contributed by atoms with van der Waals surface area (Å²) in [5.41, 5.74) is 5.81. The molecule has 2 N–H and O–H groups in total. The predicted molar refractivity (Wildman–Crippen MR) is 57.1 cm³/mol. The molecule has 3 nitrogen and oxygen atoms in total. The first-order chi connectivity index (χ1) is 7.89. The van der Waals surface area contributed by atoms with Crippen LogP contribution in [0, 0.1) is 0 Å². The van der Waals surface area contributed by atoms with Gasteiger partial charge in [0.05, 0.1) is 20.6 Å². The molecule has 0 saturated carbocycles. The van der Waals surface area contributed by atoms with E-state index in [0.29, 0.717) is 5.75 Å². The van der Waals surface area contributed by atoms with Crippen LogP contribution in [0.15, 0.2) is 18.2 Å². The van der Waals surface area contributed by atoms with Crippen molar-refractivity contribution in [2.24, 2.45) is 5.73 Å². The number of benzene rings is 1. The lowest BCUT2D eigenvalue weighted by Gasteiger charge is -2.18. The first kappa shape index (κ1) is 13.6. The van der Waals surface area contributed by atoms with Crippen molar-refractivity contribution in [1.82, 2.24) is 0 Å². The van der Waals surface area contributed by atoms with Crippen molar-refractivity contribution in [3.8, 4) is 11.5 Å². The van der Waals surface area contributed by atoms with Crippen molar-refractivity contribution in [3.05, 3.63) is 23.8 Å². The third kappa shape index (κ3) is 3.52. The highest BCUT2D eigenvalue weighted by atomic mass is 19.4. The predicted octanol–water partition coefficient (Wildman–Crippen LogP) is 2.66. The van der Waals surface area contributed by atoms with E-state index in [9.17, 15) is 13.2 Å². The zero-order valence-electron chi connectivity index (χ0n) is 9.54. The van der Waals surface area contributed by atoms with E-state index < -0.39 is 18.6 Å². The molecule has 96 valence electrons. The molecule has 0 spiro atoms. The van der Waals surface area contributed by atoms with Gasteiger partial charge in [-0.2, -0.15) is 13.2 Å². The Balaban J connectivity index is 3.04. The van der Waals surface area contributed by atoms with Crippen molar-refractivity contribution in [2.45, 2.75) is 18.6 Å². The van der Waals surface area contributed by atoms with Gasteiger partial charge in [-0.15, -0.1) is 0 Å². The minimum absolute atomic E-state index is 0.242. The Morgan fingerprint density at radius 1 is 1.24 bits per heavy atom. The van der Waals surface area contributed by atoms with Gasteiger partial charge in [-0.05, 0) is 6.07 Å². The molecule has 0 fully saturated rings. The van der Waals surface area contributed by atoms with E-state index in [-0.39, 0.29) is 11.3 Å². The monoisotopic (exact) mass is 249 g/mol. The van der Waals surface area contributed by atoms with Crippen LogP contribution < -0.4 is 15.2 Å². The van der Waals surface area contributed by atoms with E-state index in [4.69, 9.17) is 15.2 Å². The summed E-state index contributed by atoms with van der Waals surface area (Å²) in [6, 6.07) is 3.51. The summed E-state index contributed by atoms with van der Waals surface area (Å²) < 4.78 is 46.8. The number of alkyl halides is 3. The minimum atomic E-state index is -4.31. The van der Waals surface area contributed by atoms with Crippen LogP contribution in [0.3, 0.4) is 0 Å². The summed E-state index contributed by atoms with van der Waals surface area (Å²) in [6.07, 6.45) is -5.41. The fraction of sp³-hybridized carbons (Fsp3) is 0.455. The van der Waals surface area contributed by atoms with Gasteiger partial charge in [-0.3, -0.25) is 0 Å². The molecule has 0 aromatic heterocycles. The van der Waals surface area contributed by atoms with E-state index in [1.807, 2.05) is 0 Å². The number of hydrogen-bond donors (Lipinski definition) is 1. The molecule has 0 aliphatic rings. The van der Waals surface area contributed by atoms with Crippen LogP contribution in [0.5, 0.6) is 11.5 Å². The van der Waals surface area contributed by atoms with Crippen LogP contribution in [-0.4, -0.2) is 20.4 Å². The molecule has 0 amide bonds. The first-order valence-electron chi connectivity index (χ1n) is 4.92. The summed E-state index contributed by atoms with van der Waals surface area (Å²) in [6.45, 7) is 0. The molecule has 17 heavy (non-hydrogen) atoms. The number of hydrogen-bond acceptors (Lipinski definition) is 3. The Morgan fingerprint density at radius 3 is 2.35 bits per heavy atom. The standard InChI is InChI=1S/C11H14F3NO2/c1-16-9-5-3-4-7(10(9)17-2)8(15)6-11(12,13)14/h3-5,8H,6,15H2,1-2H3. The van der Waals surface area contributed by atoms with Gasteiger partial charge in [0.1, 0.15) is 0 Å². The summed E-state index contributed by atoms with van der Waals surface area (Å²) in [7, 11) is 2.78. The Labute approximate surface area is 97.3 Å². The molecule has 1 unspecified atom stereocenters. The van der Waals surface area contributed by atoms with Crippen molar-refractivity contribution >= 4 is 0 Å². The number of para-hydroxylation sites is 1. The Bertz CT molecular complexity index is 379. The molecule has 0 radical (unpaired) electrons. The number of ether oxygens (including phenoxy) is 2. The van der Waals surface area contributed by atoms with E-state index in [0.717, 1.165) is 0 Å². The second-order valence-corrected chi connectivity index (χ2v) is 3.51. The van der Waals surface area contributed by atoms with Gasteiger partial charge in [0.2, 0.25) is 0 Å². The topological polar surface area (TPSA) is 44.5 Å². The zero-order valence-corrected chi connectivity index (χ0v) is 9.54. The van der Waals surface area contributed by atoms with Gasteiger partial charge in [-0.25, -0.2) is 0 Å². The van der Waals surface area contributed by atoms with E-state index in [2.05, 4.69) is 0 Å². The summed E-state index contributed by atoms with van der Waals surface area (Å²) in [4.78, 5) is 0. The van der Waals surface area contributed by atoms with Gasteiger partial charge < -0.3 is 15.2 Å². The molecular weight excluding hydrogens is 235 g/mol. The summed E-state index contributed by atoms with van der Waals surface area (Å²) >= 11 is 0. The Hall–Kier alpha value is -1.43. The molecule has 1 rings (SSSR count). The average Bonchev–Trinajstić information content (AvgIpc) is 2.25. The van der Waals surface area contributed by atoms with Crippen LogP contribution in [-0.2, 0) is 0 Å². The second kappa shape index (κ2) is 5.27. The molecule has 1 aromatic carbocycles. The smallest absolute Gasteiger partial charge is 0.390 e. The van der Waals surface area contributed by atoms with Gasteiger partial charge in [0.25, 0.3) is 0 Å². The maximum atomic E-state index is 12.3. The molecule has 0 aliphatic carbocycles. The van der Waals surface area contributed by atoms with E-state index in [1.165, 1.54) is 20.3 Å². The van der Waals surface area contributed by atoms with E-state index in [1.54, 1.807) is 12.1 Å². The van der Waals surface area contributed by atoms with Gasteiger partial charge in [0, 0.05) is 11.6 Å². The van der Waals surface area contributed by atoms with Gasteiger partial charge in [0.15, 0.2) is 11.5 Å². The third-order valence-corrected chi connectivity index (χ3v) is 2.28. The lowest BCUT2D eigenvalue weighted by atomic mass is 10.0. The maximum absolute atomic E-state index is 12.3. The van der Waals surface area contributed by atoms with Crippen LogP contribution in [0.1, 0.15) is 18.0 Å². The lowest BCUT2D eigenvalue weighted by molar-refractivity contribution is -0.138. The Morgan fingerprint density at radius 2 is 1.88 bits per heavy atom. The molecule has 0 heterocycles. The number of methoxy groups -OCH3 is 2. The highest BCUT2D eigenvalue weighted by Gasteiger charge is 2.32. The van der Waals surface area contributed by atoms with Crippen molar-refractivity contribution < 1.29 is 22.6 Å². The highest BCUT2D eigenvalue weighted by Crippen LogP contribution is 2.37. The molecule has 1 atom stereocenters. The van der Waals surface area contributed by atoms with Crippen molar-refractivity contribution in [1.29, 1.82) is 0 Å². The highest BCUT2D eigenvalue weighted by molar-refractivity contribution is 5.48. The maximum Gasteiger partial charge on any atom is 0.390 e. The second-order valence-electron chi connectivity index (χ2n) is 3.51. The quantitative estimate of drug-likeness (QED) is 0.892. The summed E-state index contributed by atoms with van der Waals surface area (Å²) in [5.74, 6) is 0.606. The molecule has 0 aliphatic heterocycles. The molecule has 0 saturated heterocycles. The normalized spacial score (nSPS) is 13.3. The Kier molecular flexibility index (Phi) is 4.22. The zero-order chi connectivity index (χ0) is 13.1. The average molecular weight is 249 g/mol.